The summed E-state index contributed by atoms with van der Waals surface area (Å²) >= 11 is 0. The van der Waals surface area contributed by atoms with Crippen molar-refractivity contribution < 1.29 is 37.0 Å². The molecule has 2 atom stereocenters. The molecule has 1 aromatic heterocycles. The maximum Gasteiger partial charge on any atom is 0.418 e. The summed E-state index contributed by atoms with van der Waals surface area (Å²) in [6.07, 6.45) is -2.67. The Kier molecular flexibility index (Phi) is 10.7. The highest BCUT2D eigenvalue weighted by atomic mass is 19.4. The average Bonchev–Trinajstić information content (AvgIpc) is 3.42. The number of fused-ring (bicyclic) bond motifs is 1. The zero-order valence-corrected chi connectivity index (χ0v) is 25.5. The number of ether oxygens (including phenoxy) is 2. The number of pyridine rings is 1. The van der Waals surface area contributed by atoms with Gasteiger partial charge >= 0.3 is 18.4 Å². The van der Waals surface area contributed by atoms with Gasteiger partial charge in [0.15, 0.2) is 0 Å². The van der Waals surface area contributed by atoms with Gasteiger partial charge in [-0.3, -0.25) is 9.78 Å². The molecular weight excluding hydrogens is 577 g/mol. The zero-order chi connectivity index (χ0) is 31.9. The standard InChI is InChI=1S/C32H41F3N4O5/c1-31(2,3)44-29(41)36-15-8-7-11-27-25(32(33,34)35)18-23-19-39(16-14-26(23)38-27)28(40)22-12-13-24(17-22)37-30(42)43-20-21-9-5-4-6-10-21/h4-6,9-10,18,22,24H,7-8,11-17,19-20H2,1-3H3,(H,36,41)(H,37,42)/t22-,24?/m0/s1. The topological polar surface area (TPSA) is 110 Å². The van der Waals surface area contributed by atoms with Gasteiger partial charge in [0.25, 0.3) is 0 Å². The minimum Gasteiger partial charge on any atom is -0.445 e. The van der Waals surface area contributed by atoms with Crippen LogP contribution < -0.4 is 10.6 Å². The molecule has 1 saturated carbocycles. The number of benzene rings is 1. The lowest BCUT2D eigenvalue weighted by Crippen LogP contribution is -2.40. The van der Waals surface area contributed by atoms with Crippen molar-refractivity contribution in [3.63, 3.8) is 0 Å². The fourth-order valence-electron chi connectivity index (χ4n) is 5.59. The molecular formula is C32H41F3N4O5. The number of nitrogens with zero attached hydrogens (tertiary/aromatic N) is 2. The van der Waals surface area contributed by atoms with E-state index in [4.69, 9.17) is 9.47 Å². The van der Waals surface area contributed by atoms with Crippen molar-refractivity contribution >= 4 is 18.1 Å². The van der Waals surface area contributed by atoms with Crippen molar-refractivity contribution in [1.82, 2.24) is 20.5 Å². The summed E-state index contributed by atoms with van der Waals surface area (Å²) in [5.74, 6) is -0.438. The largest absolute Gasteiger partial charge is 0.445 e. The van der Waals surface area contributed by atoms with Crippen molar-refractivity contribution in [1.29, 1.82) is 0 Å². The van der Waals surface area contributed by atoms with Crippen LogP contribution in [-0.2, 0) is 46.4 Å². The third-order valence-corrected chi connectivity index (χ3v) is 7.69. The lowest BCUT2D eigenvalue weighted by Gasteiger charge is -2.31. The lowest BCUT2D eigenvalue weighted by molar-refractivity contribution is -0.138. The number of halogens is 3. The maximum atomic E-state index is 14.0. The number of carbonyl (C=O) groups is 3. The van der Waals surface area contributed by atoms with Gasteiger partial charge in [-0.1, -0.05) is 30.3 Å². The molecule has 4 rings (SSSR count). The minimum absolute atomic E-state index is 0.0165. The number of carbonyl (C=O) groups excluding carboxylic acids is 3. The summed E-state index contributed by atoms with van der Waals surface area (Å²) in [4.78, 5) is 43.4. The molecule has 0 saturated heterocycles. The molecule has 2 N–H and O–H groups in total. The third kappa shape index (κ3) is 9.59. The predicted molar refractivity (Wildman–Crippen MR) is 156 cm³/mol. The van der Waals surface area contributed by atoms with Crippen LogP contribution in [0.15, 0.2) is 36.4 Å². The number of amides is 3. The minimum atomic E-state index is -4.59. The van der Waals surface area contributed by atoms with Crippen LogP contribution in [0.4, 0.5) is 22.8 Å². The molecule has 2 heterocycles. The van der Waals surface area contributed by atoms with E-state index in [-0.39, 0.29) is 49.7 Å². The molecule has 2 aliphatic rings. The molecule has 1 fully saturated rings. The SMILES string of the molecule is CC(C)(C)OC(=O)NCCCCc1nc2c(cc1C(F)(F)F)CN(C(=O)[C@H]1CCC(NC(=O)OCc3ccccc3)C1)CC2. The van der Waals surface area contributed by atoms with Crippen molar-refractivity contribution in [3.05, 3.63) is 64.5 Å². The maximum absolute atomic E-state index is 14.0. The van der Waals surface area contributed by atoms with E-state index in [0.29, 0.717) is 56.3 Å². The van der Waals surface area contributed by atoms with E-state index in [9.17, 15) is 27.6 Å². The molecule has 9 nitrogen and oxygen atoms in total. The molecule has 1 unspecified atom stereocenters. The van der Waals surface area contributed by atoms with Crippen LogP contribution in [0, 0.1) is 5.92 Å². The fraction of sp³-hybridized carbons (Fsp3) is 0.562. The van der Waals surface area contributed by atoms with Crippen LogP contribution in [0.2, 0.25) is 0 Å². The Balaban J connectivity index is 1.28. The van der Waals surface area contributed by atoms with E-state index in [1.54, 1.807) is 25.7 Å². The molecule has 1 aliphatic carbocycles. The summed E-state index contributed by atoms with van der Waals surface area (Å²) in [5, 5.41) is 5.44. The van der Waals surface area contributed by atoms with Crippen molar-refractivity contribution in [3.8, 4) is 0 Å². The monoisotopic (exact) mass is 618 g/mol. The lowest BCUT2D eigenvalue weighted by atomic mass is 9.97. The number of hydrogen-bond acceptors (Lipinski definition) is 6. The highest BCUT2D eigenvalue weighted by Gasteiger charge is 2.38. The number of alkyl halides is 3. The molecule has 12 heteroatoms. The third-order valence-electron chi connectivity index (χ3n) is 7.69. The Morgan fingerprint density at radius 1 is 1.05 bits per heavy atom. The van der Waals surface area contributed by atoms with Gasteiger partial charge in [-0.15, -0.1) is 0 Å². The van der Waals surface area contributed by atoms with E-state index in [1.807, 2.05) is 30.3 Å². The Hall–Kier alpha value is -3.83. The second kappa shape index (κ2) is 14.3. The first-order valence-electron chi connectivity index (χ1n) is 15.1. The average molecular weight is 619 g/mol. The molecule has 44 heavy (non-hydrogen) atoms. The predicted octanol–water partition coefficient (Wildman–Crippen LogP) is 5.93. The molecule has 1 aromatic carbocycles. The van der Waals surface area contributed by atoms with Crippen LogP contribution in [0.1, 0.15) is 81.0 Å². The Morgan fingerprint density at radius 2 is 1.80 bits per heavy atom. The van der Waals surface area contributed by atoms with Gasteiger partial charge in [-0.05, 0) is 76.5 Å². The number of aromatic nitrogens is 1. The number of hydrogen-bond donors (Lipinski definition) is 2. The first-order chi connectivity index (χ1) is 20.8. The van der Waals surface area contributed by atoms with E-state index in [0.717, 1.165) is 11.6 Å². The highest BCUT2D eigenvalue weighted by Crippen LogP contribution is 2.35. The van der Waals surface area contributed by atoms with Gasteiger partial charge in [0.2, 0.25) is 5.91 Å². The molecule has 0 bridgehead atoms. The number of aryl methyl sites for hydroxylation is 1. The second-order valence-electron chi connectivity index (χ2n) is 12.4. The van der Waals surface area contributed by atoms with Gasteiger partial charge in [0.1, 0.15) is 12.2 Å². The first-order valence-corrected chi connectivity index (χ1v) is 15.1. The van der Waals surface area contributed by atoms with Gasteiger partial charge in [-0.2, -0.15) is 13.2 Å². The molecule has 0 spiro atoms. The molecule has 240 valence electrons. The van der Waals surface area contributed by atoms with Crippen molar-refractivity contribution in [2.24, 2.45) is 5.92 Å². The summed E-state index contributed by atoms with van der Waals surface area (Å²) in [6.45, 7) is 6.12. The van der Waals surface area contributed by atoms with Gasteiger partial charge in [0, 0.05) is 43.7 Å². The van der Waals surface area contributed by atoms with Gasteiger partial charge < -0.3 is 25.0 Å². The van der Waals surface area contributed by atoms with Crippen LogP contribution in [0.25, 0.3) is 0 Å². The van der Waals surface area contributed by atoms with Crippen LogP contribution in [0.5, 0.6) is 0 Å². The summed E-state index contributed by atoms with van der Waals surface area (Å²) in [7, 11) is 0. The highest BCUT2D eigenvalue weighted by molar-refractivity contribution is 5.79. The molecule has 3 amide bonds. The zero-order valence-electron chi connectivity index (χ0n) is 25.5. The number of nitrogens with one attached hydrogen (secondary N) is 2. The Bertz CT molecular complexity index is 1310. The second-order valence-corrected chi connectivity index (χ2v) is 12.4. The van der Waals surface area contributed by atoms with Crippen LogP contribution in [-0.4, -0.2) is 52.7 Å². The van der Waals surface area contributed by atoms with E-state index >= 15 is 0 Å². The normalized spacial score (nSPS) is 18.4. The Morgan fingerprint density at radius 3 is 2.50 bits per heavy atom. The van der Waals surface area contributed by atoms with Crippen LogP contribution >= 0.6 is 0 Å². The quantitative estimate of drug-likeness (QED) is 0.338. The summed E-state index contributed by atoms with van der Waals surface area (Å²) < 4.78 is 52.5. The van der Waals surface area contributed by atoms with E-state index in [1.165, 1.54) is 0 Å². The van der Waals surface area contributed by atoms with Crippen LogP contribution in [0.3, 0.4) is 0 Å². The molecule has 2 aromatic rings. The van der Waals surface area contributed by atoms with Gasteiger partial charge in [0.05, 0.1) is 11.3 Å². The van der Waals surface area contributed by atoms with E-state index < -0.39 is 29.5 Å². The number of alkyl carbamates (subject to hydrolysis) is 2. The van der Waals surface area contributed by atoms with Crippen molar-refractivity contribution in [2.75, 3.05) is 13.1 Å². The number of rotatable bonds is 9. The molecule has 0 radical (unpaired) electrons. The Labute approximate surface area is 255 Å². The summed E-state index contributed by atoms with van der Waals surface area (Å²) in [6, 6.07) is 10.2. The van der Waals surface area contributed by atoms with Gasteiger partial charge in [-0.25, -0.2) is 9.59 Å². The number of unbranched alkanes of at least 4 members (excludes halogenated alkanes) is 1. The first kappa shape index (κ1) is 33.1. The van der Waals surface area contributed by atoms with E-state index in [2.05, 4.69) is 15.6 Å². The van der Waals surface area contributed by atoms with Crippen molar-refractivity contribution in [2.45, 2.75) is 96.7 Å². The summed E-state index contributed by atoms with van der Waals surface area (Å²) in [5.41, 5.74) is 0.423. The fourth-order valence-corrected chi connectivity index (χ4v) is 5.59. The smallest absolute Gasteiger partial charge is 0.418 e. The molecule has 1 aliphatic heterocycles.